The Morgan fingerprint density at radius 1 is 1.08 bits per heavy atom. The summed E-state index contributed by atoms with van der Waals surface area (Å²) in [5.41, 5.74) is 2.04. The van der Waals surface area contributed by atoms with Crippen LogP contribution in [0.15, 0.2) is 48.7 Å². The van der Waals surface area contributed by atoms with Crippen molar-refractivity contribution in [2.24, 2.45) is 7.05 Å². The van der Waals surface area contributed by atoms with Gasteiger partial charge in [-0.3, -0.25) is 0 Å². The summed E-state index contributed by atoms with van der Waals surface area (Å²) in [7, 11) is 1.88. The molecule has 0 aliphatic heterocycles. The Morgan fingerprint density at radius 3 is 2.58 bits per heavy atom. The summed E-state index contributed by atoms with van der Waals surface area (Å²) in [6.45, 7) is 0. The zero-order valence-electron chi connectivity index (χ0n) is 12.6. The van der Waals surface area contributed by atoms with Crippen molar-refractivity contribution in [1.29, 1.82) is 0 Å². The van der Waals surface area contributed by atoms with Crippen LogP contribution in [0.1, 0.15) is 0 Å². The maximum Gasteiger partial charge on any atom is 0.296 e. The van der Waals surface area contributed by atoms with Gasteiger partial charge in [0.1, 0.15) is 7.05 Å². The fraction of sp³-hybridized carbons (Fsp3) is 0.0588. The van der Waals surface area contributed by atoms with Gasteiger partial charge in [-0.05, 0) is 24.3 Å². The van der Waals surface area contributed by atoms with Crippen LogP contribution in [-0.2, 0) is 7.05 Å². The smallest absolute Gasteiger partial charge is 0.296 e. The Morgan fingerprint density at radius 2 is 1.83 bits per heavy atom. The van der Waals surface area contributed by atoms with E-state index in [2.05, 4.69) is 5.10 Å². The van der Waals surface area contributed by atoms with E-state index in [4.69, 9.17) is 23.2 Å². The molecule has 24 heavy (non-hydrogen) atoms. The largest absolute Gasteiger partial charge is 0.870 e. The summed E-state index contributed by atoms with van der Waals surface area (Å²) < 4.78 is 3.34. The highest BCUT2D eigenvalue weighted by atomic mass is 35.5. The first-order chi connectivity index (χ1) is 11.1. The van der Waals surface area contributed by atoms with Crippen LogP contribution in [0.25, 0.3) is 27.5 Å². The van der Waals surface area contributed by atoms with E-state index in [9.17, 15) is 5.11 Å². The van der Waals surface area contributed by atoms with Gasteiger partial charge in [0, 0.05) is 10.8 Å². The quantitative estimate of drug-likeness (QED) is 0.523. The number of pyridine rings is 1. The minimum atomic E-state index is 0. The number of hydrogen-bond donors (Lipinski definition) is 1. The van der Waals surface area contributed by atoms with E-state index in [0.717, 1.165) is 16.3 Å². The summed E-state index contributed by atoms with van der Waals surface area (Å²) in [5, 5.41) is 18.1. The van der Waals surface area contributed by atoms with E-state index in [-0.39, 0.29) is 11.4 Å². The number of nitrogens with zero attached hydrogens (tertiary/aromatic N) is 3. The van der Waals surface area contributed by atoms with Gasteiger partial charge in [-0.25, -0.2) is 0 Å². The van der Waals surface area contributed by atoms with Crippen LogP contribution < -0.4 is 4.57 Å². The Labute approximate surface area is 147 Å². The molecule has 0 saturated carbocycles. The summed E-state index contributed by atoms with van der Waals surface area (Å²) in [6, 6.07) is 13.1. The molecule has 2 aromatic carbocycles. The molecule has 4 aromatic rings. The summed E-state index contributed by atoms with van der Waals surface area (Å²) in [4.78, 5) is 0. The topological polar surface area (TPSA) is 71.9 Å². The van der Waals surface area contributed by atoms with E-state index in [0.29, 0.717) is 21.2 Å². The van der Waals surface area contributed by atoms with Gasteiger partial charge in [0.25, 0.3) is 11.4 Å². The first-order valence-corrected chi connectivity index (χ1v) is 7.76. The molecule has 5 nitrogen and oxygen atoms in total. The molecule has 0 fully saturated rings. The lowest BCUT2D eigenvalue weighted by atomic mass is 10.1. The lowest BCUT2D eigenvalue weighted by Crippen LogP contribution is -2.27. The van der Waals surface area contributed by atoms with E-state index < -0.39 is 0 Å². The number of halogens is 2. The molecular formula is C17H13Cl2N3O2. The van der Waals surface area contributed by atoms with E-state index in [1.165, 1.54) is 4.68 Å². The summed E-state index contributed by atoms with van der Waals surface area (Å²) in [5.74, 6) is 0.0617. The number of aromatic hydroxyl groups is 1. The maximum absolute atomic E-state index is 10.6. The summed E-state index contributed by atoms with van der Waals surface area (Å²) >= 11 is 12.0. The molecule has 0 atom stereocenters. The molecule has 122 valence electrons. The van der Waals surface area contributed by atoms with Crippen LogP contribution in [0.4, 0.5) is 0 Å². The minimum absolute atomic E-state index is 0. The van der Waals surface area contributed by atoms with Crippen LogP contribution in [0, 0.1) is 0 Å². The van der Waals surface area contributed by atoms with Crippen LogP contribution in [0.5, 0.6) is 5.88 Å². The van der Waals surface area contributed by atoms with Gasteiger partial charge in [0.15, 0.2) is 11.7 Å². The maximum atomic E-state index is 10.6. The highest BCUT2D eigenvalue weighted by Crippen LogP contribution is 2.31. The predicted molar refractivity (Wildman–Crippen MR) is 93.4 cm³/mol. The van der Waals surface area contributed by atoms with Crippen molar-refractivity contribution in [3.8, 4) is 11.6 Å². The molecule has 4 rings (SSSR count). The van der Waals surface area contributed by atoms with Crippen molar-refractivity contribution < 1.29 is 15.1 Å². The van der Waals surface area contributed by atoms with Crippen molar-refractivity contribution in [2.75, 3.05) is 0 Å². The number of benzene rings is 2. The average molecular weight is 362 g/mol. The highest BCUT2D eigenvalue weighted by molar-refractivity contribution is 6.42. The normalized spacial score (nSPS) is 11.0. The number of aromatic nitrogens is 3. The second kappa shape index (κ2) is 5.94. The minimum Gasteiger partial charge on any atom is -0.870 e. The SMILES string of the molecule is C[n+]1cc2ccccc2c2nn(-c3ccc(Cl)c(Cl)c3)c(O)c21.[OH-]. The number of aryl methyl sites for hydroxylation is 1. The first kappa shape index (κ1) is 16.5. The van der Waals surface area contributed by atoms with Gasteiger partial charge >= 0.3 is 0 Å². The first-order valence-electron chi connectivity index (χ1n) is 7.01. The van der Waals surface area contributed by atoms with Crippen LogP contribution in [0.3, 0.4) is 0 Å². The third-order valence-corrected chi connectivity index (χ3v) is 4.62. The van der Waals surface area contributed by atoms with Crippen molar-refractivity contribution in [1.82, 2.24) is 9.78 Å². The molecule has 2 aromatic heterocycles. The van der Waals surface area contributed by atoms with Gasteiger partial charge in [-0.1, -0.05) is 41.4 Å². The average Bonchev–Trinajstić information content (AvgIpc) is 2.89. The van der Waals surface area contributed by atoms with Crippen molar-refractivity contribution in [3.05, 3.63) is 58.7 Å². The Kier molecular flexibility index (Phi) is 4.09. The third kappa shape index (κ3) is 2.38. The molecule has 0 bridgehead atoms. The van der Waals surface area contributed by atoms with Gasteiger partial charge in [0.2, 0.25) is 0 Å². The lowest BCUT2D eigenvalue weighted by molar-refractivity contribution is -0.643. The molecule has 0 unspecified atom stereocenters. The molecule has 7 heteroatoms. The summed E-state index contributed by atoms with van der Waals surface area (Å²) in [6.07, 6.45) is 1.97. The van der Waals surface area contributed by atoms with E-state index in [1.807, 2.05) is 42.1 Å². The number of hydrogen-bond acceptors (Lipinski definition) is 3. The second-order valence-corrected chi connectivity index (χ2v) is 6.17. The van der Waals surface area contributed by atoms with E-state index >= 15 is 0 Å². The lowest BCUT2D eigenvalue weighted by Gasteiger charge is -2.03. The molecule has 0 radical (unpaired) electrons. The van der Waals surface area contributed by atoms with Gasteiger partial charge < -0.3 is 10.6 Å². The standard InChI is InChI=1S/C17H11Cl2N3O.H2O/c1-21-9-10-4-2-3-5-12(10)15-16(21)17(23)22(20-15)11-6-7-13(18)14(19)8-11;/h2-9H,1H3;1H2. The Balaban J connectivity index is 0.00000169. The van der Waals surface area contributed by atoms with Crippen LogP contribution in [0.2, 0.25) is 10.0 Å². The molecule has 0 amide bonds. The Hall–Kier alpha value is -2.34. The molecule has 2 heterocycles. The van der Waals surface area contributed by atoms with Crippen molar-refractivity contribution >= 4 is 45.0 Å². The molecule has 2 N–H and O–H groups in total. The monoisotopic (exact) mass is 361 g/mol. The predicted octanol–water partition coefficient (Wildman–Crippen LogP) is 3.84. The van der Waals surface area contributed by atoms with Crippen LogP contribution in [-0.4, -0.2) is 20.4 Å². The number of fused-ring (bicyclic) bond motifs is 3. The van der Waals surface area contributed by atoms with E-state index in [1.54, 1.807) is 18.2 Å². The fourth-order valence-electron chi connectivity index (χ4n) is 2.80. The third-order valence-electron chi connectivity index (χ3n) is 3.89. The van der Waals surface area contributed by atoms with Crippen molar-refractivity contribution in [3.63, 3.8) is 0 Å². The van der Waals surface area contributed by atoms with Gasteiger partial charge in [-0.2, -0.15) is 14.3 Å². The second-order valence-electron chi connectivity index (χ2n) is 5.36. The zero-order chi connectivity index (χ0) is 16.1. The molecular weight excluding hydrogens is 349 g/mol. The molecule has 0 spiro atoms. The van der Waals surface area contributed by atoms with Crippen LogP contribution >= 0.6 is 23.2 Å². The fourth-order valence-corrected chi connectivity index (χ4v) is 3.09. The van der Waals surface area contributed by atoms with Gasteiger partial charge in [-0.15, -0.1) is 0 Å². The number of rotatable bonds is 1. The highest BCUT2D eigenvalue weighted by Gasteiger charge is 2.23. The Bertz CT molecular complexity index is 1080. The molecule has 0 aliphatic rings. The molecule has 0 aliphatic carbocycles. The molecule has 0 saturated heterocycles. The van der Waals surface area contributed by atoms with Gasteiger partial charge in [0.05, 0.1) is 15.7 Å². The zero-order valence-corrected chi connectivity index (χ0v) is 14.1. The van der Waals surface area contributed by atoms with Crippen molar-refractivity contribution in [2.45, 2.75) is 0 Å².